The molecular formula is C31H42O. The highest BCUT2D eigenvalue weighted by Crippen LogP contribution is 2.25. The molecule has 0 saturated heterocycles. The van der Waals surface area contributed by atoms with E-state index in [0.29, 0.717) is 0 Å². The lowest BCUT2D eigenvalue weighted by Crippen LogP contribution is -1.96. The van der Waals surface area contributed by atoms with Gasteiger partial charge in [0.05, 0.1) is 0 Å². The molecule has 0 saturated carbocycles. The van der Waals surface area contributed by atoms with Crippen LogP contribution in [0.1, 0.15) is 100 Å². The van der Waals surface area contributed by atoms with Crippen molar-refractivity contribution in [1.29, 1.82) is 0 Å². The van der Waals surface area contributed by atoms with E-state index in [4.69, 9.17) is 0 Å². The summed E-state index contributed by atoms with van der Waals surface area (Å²) < 4.78 is 0. The number of benzene rings is 2. The molecule has 0 aliphatic heterocycles. The molecule has 0 radical (unpaired) electrons. The molecule has 0 aliphatic rings. The summed E-state index contributed by atoms with van der Waals surface area (Å²) in [5.74, 6) is 0.113. The normalized spacial score (nSPS) is 12.2. The summed E-state index contributed by atoms with van der Waals surface area (Å²) in [7, 11) is 0. The van der Waals surface area contributed by atoms with Gasteiger partial charge in [0.15, 0.2) is 5.78 Å². The quantitative estimate of drug-likeness (QED) is 0.215. The second-order valence-electron chi connectivity index (χ2n) is 9.09. The van der Waals surface area contributed by atoms with E-state index < -0.39 is 0 Å². The lowest BCUT2D eigenvalue weighted by Gasteiger charge is -2.10. The zero-order valence-electron chi connectivity index (χ0n) is 20.8. The van der Waals surface area contributed by atoms with Crippen LogP contribution in [0.3, 0.4) is 0 Å². The zero-order chi connectivity index (χ0) is 23.2. The molecule has 1 heteroatoms. The number of carbonyl (C=O) groups excluding carboxylic acids is 1. The maximum atomic E-state index is 13.2. The first-order valence-electron chi connectivity index (χ1n) is 12.6. The first kappa shape index (κ1) is 25.8. The third kappa shape index (κ3) is 9.39. The lowest BCUT2D eigenvalue weighted by atomic mass is 9.94. The molecule has 0 atom stereocenters. The Morgan fingerprint density at radius 1 is 0.594 bits per heavy atom. The van der Waals surface area contributed by atoms with Gasteiger partial charge in [0.25, 0.3) is 0 Å². The molecule has 0 amide bonds. The number of carbonyl (C=O) groups is 1. The van der Waals surface area contributed by atoms with Crippen molar-refractivity contribution >= 4 is 16.9 Å². The number of unbranched alkanes of at least 4 members (excludes halogenated alkanes) is 6. The van der Waals surface area contributed by atoms with Gasteiger partial charge in [-0.2, -0.15) is 0 Å². The maximum Gasteiger partial charge on any atom is 0.179 e. The minimum Gasteiger partial charge on any atom is -0.290 e. The van der Waals surface area contributed by atoms with Crippen LogP contribution in [-0.2, 0) is 4.79 Å². The summed E-state index contributed by atoms with van der Waals surface area (Å²) in [6.07, 6.45) is 15.3. The molecule has 0 spiro atoms. The Kier molecular flexibility index (Phi) is 11.8. The van der Waals surface area contributed by atoms with E-state index in [-0.39, 0.29) is 5.78 Å². The van der Waals surface area contributed by atoms with Crippen LogP contribution in [0.5, 0.6) is 0 Å². The van der Waals surface area contributed by atoms with E-state index in [0.717, 1.165) is 36.8 Å². The summed E-state index contributed by atoms with van der Waals surface area (Å²) in [5.41, 5.74) is 7.17. The summed E-state index contributed by atoms with van der Waals surface area (Å²) in [6.45, 7) is 8.68. The van der Waals surface area contributed by atoms with E-state index in [2.05, 4.69) is 76.2 Å². The predicted octanol–water partition coefficient (Wildman–Crippen LogP) is 9.28. The van der Waals surface area contributed by atoms with Crippen LogP contribution < -0.4 is 0 Å². The fourth-order valence-corrected chi connectivity index (χ4v) is 4.00. The second-order valence-corrected chi connectivity index (χ2v) is 9.09. The highest BCUT2D eigenvalue weighted by atomic mass is 16.1. The van der Waals surface area contributed by atoms with Crippen molar-refractivity contribution in [3.63, 3.8) is 0 Å². The molecule has 2 rings (SSSR count). The number of allylic oxidation sites excluding steroid dienone is 4. The molecular weight excluding hydrogens is 388 g/mol. The molecule has 0 fully saturated rings. The largest absolute Gasteiger partial charge is 0.290 e. The van der Waals surface area contributed by atoms with E-state index >= 15 is 0 Å². The smallest absolute Gasteiger partial charge is 0.179 e. The number of hydrogen-bond donors (Lipinski definition) is 0. The first-order valence-corrected chi connectivity index (χ1v) is 12.6. The molecule has 0 N–H and O–H groups in total. The maximum absolute atomic E-state index is 13.2. The van der Waals surface area contributed by atoms with Crippen molar-refractivity contribution in [2.45, 2.75) is 91.9 Å². The fraction of sp³-hybridized carbons (Fsp3) is 0.452. The monoisotopic (exact) mass is 430 g/mol. The van der Waals surface area contributed by atoms with Gasteiger partial charge in [0.2, 0.25) is 0 Å². The van der Waals surface area contributed by atoms with Crippen molar-refractivity contribution in [2.24, 2.45) is 0 Å². The van der Waals surface area contributed by atoms with Gasteiger partial charge >= 0.3 is 0 Å². The number of ketones is 1. The first-order chi connectivity index (χ1) is 15.5. The molecule has 0 aromatic heterocycles. The molecule has 0 aliphatic carbocycles. The number of rotatable bonds is 14. The Morgan fingerprint density at radius 3 is 1.31 bits per heavy atom. The Morgan fingerprint density at radius 2 is 0.969 bits per heavy atom. The minimum atomic E-state index is 0.113. The SMILES string of the molecule is CCCCCCC(=CC(=O)C=C(CCCCCC)c1ccc(C)cc1)c1ccc(C)cc1. The van der Waals surface area contributed by atoms with Crippen LogP contribution in [0.4, 0.5) is 0 Å². The van der Waals surface area contributed by atoms with E-state index in [1.165, 1.54) is 60.8 Å². The highest BCUT2D eigenvalue weighted by molar-refractivity contribution is 6.08. The number of hydrogen-bond acceptors (Lipinski definition) is 1. The van der Waals surface area contributed by atoms with Gasteiger partial charge in [-0.15, -0.1) is 0 Å². The van der Waals surface area contributed by atoms with Crippen molar-refractivity contribution < 1.29 is 4.79 Å². The van der Waals surface area contributed by atoms with Gasteiger partial charge in [0.1, 0.15) is 0 Å². The number of aryl methyl sites for hydroxylation is 2. The Balaban J connectivity index is 2.26. The summed E-state index contributed by atoms with van der Waals surface area (Å²) >= 11 is 0. The van der Waals surface area contributed by atoms with Crippen LogP contribution in [-0.4, -0.2) is 5.78 Å². The average molecular weight is 431 g/mol. The van der Waals surface area contributed by atoms with Gasteiger partial charge in [-0.1, -0.05) is 112 Å². The molecule has 0 unspecified atom stereocenters. The fourth-order valence-electron chi connectivity index (χ4n) is 4.00. The van der Waals surface area contributed by atoms with Crippen LogP contribution in [0, 0.1) is 13.8 Å². The molecule has 32 heavy (non-hydrogen) atoms. The second kappa shape index (κ2) is 14.6. The molecule has 0 heterocycles. The van der Waals surface area contributed by atoms with Gasteiger partial charge in [-0.25, -0.2) is 0 Å². The third-order valence-electron chi connectivity index (χ3n) is 6.08. The topological polar surface area (TPSA) is 17.1 Å². The van der Waals surface area contributed by atoms with E-state index in [9.17, 15) is 4.79 Å². The van der Waals surface area contributed by atoms with Crippen molar-refractivity contribution in [2.75, 3.05) is 0 Å². The van der Waals surface area contributed by atoms with Crippen LogP contribution >= 0.6 is 0 Å². The third-order valence-corrected chi connectivity index (χ3v) is 6.08. The van der Waals surface area contributed by atoms with E-state index in [1.54, 1.807) is 0 Å². The summed E-state index contributed by atoms with van der Waals surface area (Å²) in [4.78, 5) is 13.2. The van der Waals surface area contributed by atoms with Crippen molar-refractivity contribution in [1.82, 2.24) is 0 Å². The molecule has 172 valence electrons. The lowest BCUT2D eigenvalue weighted by molar-refractivity contribution is -0.110. The van der Waals surface area contributed by atoms with Gasteiger partial charge in [0, 0.05) is 0 Å². The van der Waals surface area contributed by atoms with Crippen molar-refractivity contribution in [3.05, 3.63) is 82.9 Å². The standard InChI is InChI=1S/C31H42O/c1-5-7-9-11-13-29(27-19-15-25(3)16-20-27)23-31(32)24-30(14-12-10-8-6-2)28-21-17-26(4)18-22-28/h15-24H,5-14H2,1-4H3. The Bertz CT molecular complexity index is 792. The Labute approximate surface area is 196 Å². The van der Waals surface area contributed by atoms with Crippen LogP contribution in [0.25, 0.3) is 11.1 Å². The van der Waals surface area contributed by atoms with Gasteiger partial charge in [-0.05, 0) is 74.0 Å². The molecule has 1 nitrogen and oxygen atoms in total. The van der Waals surface area contributed by atoms with Crippen LogP contribution in [0.15, 0.2) is 60.7 Å². The van der Waals surface area contributed by atoms with Crippen molar-refractivity contribution in [3.8, 4) is 0 Å². The highest BCUT2D eigenvalue weighted by Gasteiger charge is 2.08. The molecule has 2 aromatic carbocycles. The summed E-state index contributed by atoms with van der Waals surface area (Å²) in [6, 6.07) is 17.2. The van der Waals surface area contributed by atoms with Gasteiger partial charge in [-0.3, -0.25) is 4.79 Å². The van der Waals surface area contributed by atoms with Crippen LogP contribution in [0.2, 0.25) is 0 Å². The summed E-state index contributed by atoms with van der Waals surface area (Å²) in [5, 5.41) is 0. The van der Waals surface area contributed by atoms with E-state index in [1.807, 2.05) is 12.2 Å². The molecule has 2 aromatic rings. The minimum absolute atomic E-state index is 0.113. The molecule has 0 bridgehead atoms. The average Bonchev–Trinajstić information content (AvgIpc) is 2.79. The zero-order valence-corrected chi connectivity index (χ0v) is 20.8. The Hall–Kier alpha value is -2.41. The predicted molar refractivity (Wildman–Crippen MR) is 141 cm³/mol. The van der Waals surface area contributed by atoms with Gasteiger partial charge < -0.3 is 0 Å².